The number of rotatable bonds is 4. The van der Waals surface area contributed by atoms with Crippen LogP contribution in [0.2, 0.25) is 0 Å². The summed E-state index contributed by atoms with van der Waals surface area (Å²) in [6, 6.07) is 10.5. The van der Waals surface area contributed by atoms with E-state index in [1.807, 2.05) is 12.1 Å². The highest BCUT2D eigenvalue weighted by Crippen LogP contribution is 2.49. The van der Waals surface area contributed by atoms with Crippen molar-refractivity contribution in [2.24, 2.45) is 0 Å². The van der Waals surface area contributed by atoms with E-state index in [2.05, 4.69) is 0 Å². The molecule has 0 atom stereocenters. The van der Waals surface area contributed by atoms with Gasteiger partial charge in [-0.3, -0.25) is 0 Å². The molecule has 0 unspecified atom stereocenters. The Morgan fingerprint density at radius 3 is 1.17 bits per heavy atom. The maximum absolute atomic E-state index is 10.6. The molecular formula is C24H20O6. The summed E-state index contributed by atoms with van der Waals surface area (Å²) in [5, 5.41) is 26.9. The summed E-state index contributed by atoms with van der Waals surface area (Å²) >= 11 is 0. The Hall–Kier alpha value is -3.80. The largest absolute Gasteiger partial charge is 0.507 e. The van der Waals surface area contributed by atoms with Gasteiger partial charge in [0.25, 0.3) is 0 Å². The summed E-state index contributed by atoms with van der Waals surface area (Å²) in [6.07, 6.45) is 0. The summed E-state index contributed by atoms with van der Waals surface area (Å²) in [5.41, 5.74) is 0. The molecule has 0 heterocycles. The van der Waals surface area contributed by atoms with Gasteiger partial charge in [0, 0.05) is 31.6 Å². The molecule has 4 aromatic rings. The molecule has 5 rings (SSSR count). The first kappa shape index (κ1) is 18.2. The summed E-state index contributed by atoms with van der Waals surface area (Å²) in [5.74, 6) is 2.44. The minimum atomic E-state index is 0.0912. The first-order chi connectivity index (χ1) is 14.6. The van der Waals surface area contributed by atoms with Gasteiger partial charge in [-0.15, -0.1) is 0 Å². The van der Waals surface area contributed by atoms with E-state index in [0.717, 1.165) is 31.6 Å². The van der Waals surface area contributed by atoms with Crippen LogP contribution in [0.1, 0.15) is 0 Å². The van der Waals surface area contributed by atoms with Crippen molar-refractivity contribution in [2.75, 3.05) is 28.4 Å². The molecule has 0 saturated carbocycles. The van der Waals surface area contributed by atoms with Crippen LogP contribution in [0.25, 0.3) is 21.5 Å². The SMILES string of the molecule is COc1c2c(c(OC)c3c(O)cccc13)=c1c(OC)c3c(O)cccc3c(OC)c1=2. The topological polar surface area (TPSA) is 77.4 Å². The van der Waals surface area contributed by atoms with E-state index >= 15 is 0 Å². The van der Waals surface area contributed by atoms with Crippen LogP contribution < -0.4 is 18.9 Å². The van der Waals surface area contributed by atoms with Crippen LogP contribution in [-0.4, -0.2) is 38.7 Å². The second-order valence-electron chi connectivity index (χ2n) is 7.03. The maximum atomic E-state index is 10.6. The van der Waals surface area contributed by atoms with Gasteiger partial charge in [0.15, 0.2) is 0 Å². The Morgan fingerprint density at radius 2 is 0.833 bits per heavy atom. The Labute approximate surface area is 171 Å². The van der Waals surface area contributed by atoms with Crippen molar-refractivity contribution < 1.29 is 29.2 Å². The molecule has 0 aliphatic heterocycles. The fraction of sp³-hybridized carbons (Fsp3) is 0.167. The number of phenolic OH excluding ortho intramolecular Hbond substituents is 2. The summed E-state index contributed by atoms with van der Waals surface area (Å²) in [7, 11) is 6.32. The Balaban J connectivity index is 2.23. The summed E-state index contributed by atoms with van der Waals surface area (Å²) < 4.78 is 23.1. The third-order valence-electron chi connectivity index (χ3n) is 5.75. The number of phenols is 2. The second kappa shape index (κ2) is 6.35. The molecule has 0 bridgehead atoms. The molecule has 1 aliphatic rings. The average Bonchev–Trinajstić information content (AvgIpc) is 2.75. The predicted octanol–water partition coefficient (Wildman–Crippen LogP) is 4.33. The molecule has 0 fully saturated rings. The van der Waals surface area contributed by atoms with Gasteiger partial charge in [0.05, 0.1) is 39.2 Å². The Kier molecular flexibility index (Phi) is 3.86. The second-order valence-corrected chi connectivity index (χ2v) is 7.03. The molecule has 0 spiro atoms. The third-order valence-corrected chi connectivity index (χ3v) is 5.75. The van der Waals surface area contributed by atoms with Crippen LogP contribution >= 0.6 is 0 Å². The van der Waals surface area contributed by atoms with Gasteiger partial charge < -0.3 is 29.2 Å². The fourth-order valence-electron chi connectivity index (χ4n) is 4.63. The Morgan fingerprint density at radius 1 is 0.500 bits per heavy atom. The zero-order valence-corrected chi connectivity index (χ0v) is 17.0. The van der Waals surface area contributed by atoms with Gasteiger partial charge in [0.1, 0.15) is 34.5 Å². The van der Waals surface area contributed by atoms with Gasteiger partial charge in [-0.2, -0.15) is 0 Å². The molecule has 152 valence electrons. The molecular weight excluding hydrogens is 384 g/mol. The third kappa shape index (κ3) is 2.03. The molecule has 6 nitrogen and oxygen atoms in total. The zero-order chi connectivity index (χ0) is 21.2. The fourth-order valence-corrected chi connectivity index (χ4v) is 4.63. The van der Waals surface area contributed by atoms with E-state index in [9.17, 15) is 10.2 Å². The normalized spacial score (nSPS) is 11.6. The lowest BCUT2D eigenvalue weighted by Gasteiger charge is -2.22. The minimum Gasteiger partial charge on any atom is -0.507 e. The van der Waals surface area contributed by atoms with E-state index < -0.39 is 0 Å². The van der Waals surface area contributed by atoms with Crippen molar-refractivity contribution in [3.63, 3.8) is 0 Å². The van der Waals surface area contributed by atoms with Crippen LogP contribution in [-0.2, 0) is 0 Å². The lowest BCUT2D eigenvalue weighted by atomic mass is 9.91. The smallest absolute Gasteiger partial charge is 0.139 e. The number of hydrogen-bond acceptors (Lipinski definition) is 6. The van der Waals surface area contributed by atoms with Crippen LogP contribution in [0.15, 0.2) is 36.4 Å². The van der Waals surface area contributed by atoms with E-state index in [-0.39, 0.29) is 11.5 Å². The highest BCUT2D eigenvalue weighted by atomic mass is 16.5. The minimum absolute atomic E-state index is 0.0912. The highest BCUT2D eigenvalue weighted by molar-refractivity contribution is 6.02. The van der Waals surface area contributed by atoms with Crippen LogP contribution in [0.3, 0.4) is 0 Å². The van der Waals surface area contributed by atoms with Crippen molar-refractivity contribution >= 4 is 21.5 Å². The summed E-state index contributed by atoms with van der Waals surface area (Å²) in [4.78, 5) is 0. The quantitative estimate of drug-likeness (QED) is 0.464. The Bertz CT molecular complexity index is 1440. The lowest BCUT2D eigenvalue weighted by Crippen LogP contribution is -2.05. The van der Waals surface area contributed by atoms with E-state index in [0.29, 0.717) is 33.8 Å². The number of benzene rings is 4. The van der Waals surface area contributed by atoms with Crippen molar-refractivity contribution in [3.8, 4) is 34.5 Å². The monoisotopic (exact) mass is 404 g/mol. The van der Waals surface area contributed by atoms with E-state index in [1.165, 1.54) is 0 Å². The number of ether oxygens (including phenoxy) is 4. The number of methoxy groups -OCH3 is 4. The molecule has 0 amide bonds. The lowest BCUT2D eigenvalue weighted by molar-refractivity contribution is 0.390. The van der Waals surface area contributed by atoms with Crippen molar-refractivity contribution in [2.45, 2.75) is 0 Å². The molecule has 30 heavy (non-hydrogen) atoms. The first-order valence-electron chi connectivity index (χ1n) is 9.38. The predicted molar refractivity (Wildman–Crippen MR) is 113 cm³/mol. The van der Waals surface area contributed by atoms with Gasteiger partial charge in [-0.1, -0.05) is 24.3 Å². The first-order valence-corrected chi connectivity index (χ1v) is 9.38. The highest BCUT2D eigenvalue weighted by Gasteiger charge is 2.27. The van der Waals surface area contributed by atoms with Crippen molar-refractivity contribution in [3.05, 3.63) is 57.3 Å². The van der Waals surface area contributed by atoms with Crippen LogP contribution in [0.5, 0.6) is 34.5 Å². The number of aromatic hydroxyl groups is 2. The molecule has 4 aromatic carbocycles. The van der Waals surface area contributed by atoms with Gasteiger partial charge in [-0.25, -0.2) is 0 Å². The number of fused-ring (bicyclic) bond motifs is 4. The number of hydrogen-bond donors (Lipinski definition) is 2. The van der Waals surface area contributed by atoms with E-state index in [1.54, 1.807) is 52.7 Å². The maximum Gasteiger partial charge on any atom is 0.139 e. The van der Waals surface area contributed by atoms with Crippen molar-refractivity contribution in [1.82, 2.24) is 0 Å². The molecule has 0 saturated heterocycles. The van der Waals surface area contributed by atoms with Crippen molar-refractivity contribution in [1.29, 1.82) is 0 Å². The molecule has 0 radical (unpaired) electrons. The van der Waals surface area contributed by atoms with Gasteiger partial charge in [-0.05, 0) is 12.1 Å². The summed E-state index contributed by atoms with van der Waals surface area (Å²) in [6.45, 7) is 0. The van der Waals surface area contributed by atoms with Gasteiger partial charge in [0.2, 0.25) is 0 Å². The van der Waals surface area contributed by atoms with Gasteiger partial charge >= 0.3 is 0 Å². The van der Waals surface area contributed by atoms with E-state index in [4.69, 9.17) is 18.9 Å². The molecule has 1 aliphatic carbocycles. The molecule has 2 N–H and O–H groups in total. The average molecular weight is 404 g/mol. The van der Waals surface area contributed by atoms with Crippen LogP contribution in [0, 0.1) is 20.9 Å². The van der Waals surface area contributed by atoms with Crippen LogP contribution in [0.4, 0.5) is 0 Å². The molecule has 0 aromatic heterocycles. The molecule has 6 heteroatoms. The zero-order valence-electron chi connectivity index (χ0n) is 17.0. The standard InChI is InChI=1S/C24H20O6/c1-27-21-11-7-5-9-13(25)15(11)23(29-3)19-17(21)18-20(19)24(30-4)16-12(22(18)28-2)8-6-10-14(16)26/h5-10,25-26H,1-4H3.